The van der Waals surface area contributed by atoms with Crippen LogP contribution in [0.3, 0.4) is 0 Å². The quantitative estimate of drug-likeness (QED) is 0.479. The van der Waals surface area contributed by atoms with E-state index in [2.05, 4.69) is 10.3 Å². The number of ether oxygens (including phenoxy) is 1. The fourth-order valence-electron chi connectivity index (χ4n) is 4.04. The van der Waals surface area contributed by atoms with Gasteiger partial charge in [-0.05, 0) is 41.5 Å². The number of nitrogens with one attached hydrogen (secondary N) is 2. The lowest BCUT2D eigenvalue weighted by molar-refractivity contribution is -0.139. The molecule has 0 aliphatic carbocycles. The van der Waals surface area contributed by atoms with Crippen molar-refractivity contribution in [3.8, 4) is 11.5 Å². The van der Waals surface area contributed by atoms with Gasteiger partial charge in [-0.15, -0.1) is 0 Å². The first-order valence-electron chi connectivity index (χ1n) is 9.60. The highest BCUT2D eigenvalue weighted by atomic mass is 16.5. The van der Waals surface area contributed by atoms with Gasteiger partial charge in [-0.2, -0.15) is 0 Å². The smallest absolute Gasteiger partial charge is 0.321 e. The Bertz CT molecular complexity index is 1180. The highest BCUT2D eigenvalue weighted by Gasteiger charge is 2.33. The van der Waals surface area contributed by atoms with Gasteiger partial charge in [-0.1, -0.05) is 48.5 Å². The van der Waals surface area contributed by atoms with Crippen molar-refractivity contribution in [1.29, 1.82) is 0 Å². The molecule has 1 aromatic heterocycles. The predicted molar refractivity (Wildman–Crippen MR) is 111 cm³/mol. The number of fused-ring (bicyclic) bond motifs is 3. The number of hydrogen-bond donors (Lipinski definition) is 3. The number of carboxylic acids is 1. The van der Waals surface area contributed by atoms with E-state index in [4.69, 9.17) is 4.74 Å². The average molecular weight is 384 g/mol. The molecule has 5 nitrogen and oxygen atoms in total. The van der Waals surface area contributed by atoms with E-state index in [0.29, 0.717) is 12.2 Å². The highest BCUT2D eigenvalue weighted by molar-refractivity contribution is 5.87. The standard InChI is InChI=1S/C24H20N2O3/c27-24(28)21-14-19-18-11-4-5-12-20(18)25-23(19)22(26-21)15-7-6-10-17(13-15)29-16-8-2-1-3-9-16/h1-13,21-22,25-26H,14H2,(H,27,28). The Hall–Kier alpha value is -3.57. The minimum Gasteiger partial charge on any atom is -0.480 e. The Morgan fingerprint density at radius 2 is 1.69 bits per heavy atom. The number of aromatic amines is 1. The van der Waals surface area contributed by atoms with Crippen LogP contribution in [-0.2, 0) is 11.2 Å². The summed E-state index contributed by atoms with van der Waals surface area (Å²) in [4.78, 5) is 15.3. The first kappa shape index (κ1) is 17.5. The van der Waals surface area contributed by atoms with Crippen molar-refractivity contribution in [3.05, 3.63) is 95.7 Å². The second kappa shape index (κ2) is 7.11. The number of para-hydroxylation sites is 2. The molecule has 0 bridgehead atoms. The van der Waals surface area contributed by atoms with Gasteiger partial charge in [-0.25, -0.2) is 0 Å². The molecule has 2 atom stereocenters. The fourth-order valence-corrected chi connectivity index (χ4v) is 4.04. The van der Waals surface area contributed by atoms with Gasteiger partial charge in [0.1, 0.15) is 17.5 Å². The van der Waals surface area contributed by atoms with Crippen LogP contribution < -0.4 is 10.1 Å². The van der Waals surface area contributed by atoms with Crippen molar-refractivity contribution in [2.24, 2.45) is 0 Å². The first-order chi connectivity index (χ1) is 14.2. The third-order valence-corrected chi connectivity index (χ3v) is 5.38. The zero-order chi connectivity index (χ0) is 19.8. The maximum absolute atomic E-state index is 11.8. The van der Waals surface area contributed by atoms with E-state index < -0.39 is 12.0 Å². The summed E-state index contributed by atoms with van der Waals surface area (Å²) < 4.78 is 5.98. The van der Waals surface area contributed by atoms with Gasteiger partial charge in [0.05, 0.1) is 6.04 Å². The Morgan fingerprint density at radius 1 is 0.931 bits per heavy atom. The summed E-state index contributed by atoms with van der Waals surface area (Å²) in [5.41, 5.74) is 4.05. The molecule has 1 aliphatic rings. The maximum atomic E-state index is 11.8. The summed E-state index contributed by atoms with van der Waals surface area (Å²) in [5, 5.41) is 14.1. The maximum Gasteiger partial charge on any atom is 0.321 e. The largest absolute Gasteiger partial charge is 0.480 e. The molecular weight excluding hydrogens is 364 g/mol. The molecule has 4 aromatic rings. The number of H-pyrrole nitrogens is 1. The summed E-state index contributed by atoms with van der Waals surface area (Å²) >= 11 is 0. The van der Waals surface area contributed by atoms with Crippen LogP contribution in [0.15, 0.2) is 78.9 Å². The van der Waals surface area contributed by atoms with E-state index in [1.165, 1.54) is 0 Å². The van der Waals surface area contributed by atoms with Gasteiger partial charge in [-0.3, -0.25) is 10.1 Å². The van der Waals surface area contributed by atoms with Crippen molar-refractivity contribution in [3.63, 3.8) is 0 Å². The molecule has 29 heavy (non-hydrogen) atoms. The van der Waals surface area contributed by atoms with Crippen molar-refractivity contribution in [2.45, 2.75) is 18.5 Å². The molecule has 1 aliphatic heterocycles. The van der Waals surface area contributed by atoms with Crippen LogP contribution in [0.2, 0.25) is 0 Å². The summed E-state index contributed by atoms with van der Waals surface area (Å²) in [6.07, 6.45) is 0.450. The molecule has 3 N–H and O–H groups in total. The van der Waals surface area contributed by atoms with E-state index in [0.717, 1.165) is 33.5 Å². The lowest BCUT2D eigenvalue weighted by Crippen LogP contribution is -2.44. The second-order valence-corrected chi connectivity index (χ2v) is 7.25. The number of benzene rings is 3. The molecular formula is C24H20N2O3. The summed E-state index contributed by atoms with van der Waals surface area (Å²) in [7, 11) is 0. The number of aliphatic carboxylic acids is 1. The highest BCUT2D eigenvalue weighted by Crippen LogP contribution is 2.36. The fraction of sp³-hybridized carbons (Fsp3) is 0.125. The third kappa shape index (κ3) is 3.26. The van der Waals surface area contributed by atoms with Gasteiger partial charge in [0.25, 0.3) is 0 Å². The van der Waals surface area contributed by atoms with Crippen molar-refractivity contribution < 1.29 is 14.6 Å². The molecule has 2 heterocycles. The van der Waals surface area contributed by atoms with E-state index >= 15 is 0 Å². The normalized spacial score (nSPS) is 18.3. The van der Waals surface area contributed by atoms with E-state index in [1.807, 2.05) is 78.9 Å². The van der Waals surface area contributed by atoms with E-state index in [-0.39, 0.29) is 6.04 Å². The van der Waals surface area contributed by atoms with Crippen LogP contribution in [0.4, 0.5) is 0 Å². The monoisotopic (exact) mass is 384 g/mol. The molecule has 0 saturated carbocycles. The summed E-state index contributed by atoms with van der Waals surface area (Å²) in [6, 6.07) is 24.5. The molecule has 0 radical (unpaired) electrons. The van der Waals surface area contributed by atoms with Crippen molar-refractivity contribution >= 4 is 16.9 Å². The lowest BCUT2D eigenvalue weighted by atomic mass is 9.90. The number of rotatable bonds is 4. The van der Waals surface area contributed by atoms with Gasteiger partial charge in [0, 0.05) is 23.0 Å². The number of hydrogen-bond acceptors (Lipinski definition) is 3. The average Bonchev–Trinajstić information content (AvgIpc) is 3.12. The Kier molecular flexibility index (Phi) is 4.30. The van der Waals surface area contributed by atoms with Gasteiger partial charge in [0.15, 0.2) is 0 Å². The van der Waals surface area contributed by atoms with Crippen LogP contribution in [0.1, 0.15) is 22.9 Å². The number of carboxylic acid groups (broad SMARTS) is 1. The SMILES string of the molecule is O=C(O)C1Cc2c([nH]c3ccccc23)C(c2cccc(Oc3ccccc3)c2)N1. The van der Waals surface area contributed by atoms with E-state index in [9.17, 15) is 9.90 Å². The minimum absolute atomic E-state index is 0.258. The molecule has 144 valence electrons. The van der Waals surface area contributed by atoms with Crippen molar-refractivity contribution in [2.75, 3.05) is 0 Å². The molecule has 3 aromatic carbocycles. The predicted octanol–water partition coefficient (Wildman–Crippen LogP) is 4.65. The third-order valence-electron chi connectivity index (χ3n) is 5.38. The zero-order valence-corrected chi connectivity index (χ0v) is 15.6. The van der Waals surface area contributed by atoms with Crippen LogP contribution >= 0.6 is 0 Å². The zero-order valence-electron chi connectivity index (χ0n) is 15.6. The van der Waals surface area contributed by atoms with Crippen LogP contribution in [0, 0.1) is 0 Å². The second-order valence-electron chi connectivity index (χ2n) is 7.25. The summed E-state index contributed by atoms with van der Waals surface area (Å²) in [5.74, 6) is 0.629. The molecule has 0 saturated heterocycles. The van der Waals surface area contributed by atoms with Gasteiger partial charge in [0.2, 0.25) is 0 Å². The van der Waals surface area contributed by atoms with Crippen LogP contribution in [0.25, 0.3) is 10.9 Å². The molecule has 5 heteroatoms. The Balaban J connectivity index is 1.57. The molecule has 2 unspecified atom stereocenters. The molecule has 0 amide bonds. The van der Waals surface area contributed by atoms with Crippen LogP contribution in [0.5, 0.6) is 11.5 Å². The molecule has 0 fully saturated rings. The summed E-state index contributed by atoms with van der Waals surface area (Å²) in [6.45, 7) is 0. The van der Waals surface area contributed by atoms with Gasteiger partial charge >= 0.3 is 5.97 Å². The topological polar surface area (TPSA) is 74.3 Å². The van der Waals surface area contributed by atoms with Crippen LogP contribution in [-0.4, -0.2) is 22.1 Å². The molecule has 5 rings (SSSR count). The van der Waals surface area contributed by atoms with Crippen molar-refractivity contribution in [1.82, 2.24) is 10.3 Å². The first-order valence-corrected chi connectivity index (χ1v) is 9.60. The number of aromatic nitrogens is 1. The Morgan fingerprint density at radius 3 is 2.52 bits per heavy atom. The molecule has 0 spiro atoms. The number of carbonyl (C=O) groups is 1. The van der Waals surface area contributed by atoms with Gasteiger partial charge < -0.3 is 14.8 Å². The minimum atomic E-state index is -0.845. The lowest BCUT2D eigenvalue weighted by Gasteiger charge is -2.29. The Labute approximate surface area is 168 Å². The van der Waals surface area contributed by atoms with E-state index in [1.54, 1.807) is 0 Å².